The lowest BCUT2D eigenvalue weighted by molar-refractivity contribution is 0.540. The summed E-state index contributed by atoms with van der Waals surface area (Å²) >= 11 is 0. The molecule has 12 heavy (non-hydrogen) atoms. The van der Waals surface area contributed by atoms with Gasteiger partial charge in [0.1, 0.15) is 0 Å². The number of rotatable bonds is 2. The molecule has 0 aliphatic heterocycles. The fourth-order valence-corrected chi connectivity index (χ4v) is 1.93. The zero-order chi connectivity index (χ0) is 9.19. The van der Waals surface area contributed by atoms with E-state index in [-0.39, 0.29) is 4.90 Å². The molecular formula is C5H4NO4S2-. The zero-order valence-electron chi connectivity index (χ0n) is 5.71. The number of hydrogen-bond acceptors (Lipinski definition) is 5. The van der Waals surface area contributed by atoms with Crippen molar-refractivity contribution in [2.45, 2.75) is 4.90 Å². The SMILES string of the molecule is O=S([O-])S(=O)(=O)c1cccnc1. The molecule has 0 N–H and O–H groups in total. The second-order valence-corrected chi connectivity index (χ2v) is 5.77. The van der Waals surface area contributed by atoms with Crippen LogP contribution in [0, 0.1) is 0 Å². The van der Waals surface area contributed by atoms with Crippen LogP contribution < -0.4 is 0 Å². The van der Waals surface area contributed by atoms with Gasteiger partial charge in [-0.2, -0.15) is 0 Å². The molecule has 0 amide bonds. The van der Waals surface area contributed by atoms with Gasteiger partial charge in [0.05, 0.1) is 15.0 Å². The molecule has 1 aromatic rings. The first kappa shape index (κ1) is 9.30. The minimum atomic E-state index is -4.22. The molecular weight excluding hydrogens is 202 g/mol. The van der Waals surface area contributed by atoms with Crippen molar-refractivity contribution in [2.75, 3.05) is 0 Å². The Morgan fingerprint density at radius 2 is 2.17 bits per heavy atom. The van der Waals surface area contributed by atoms with Gasteiger partial charge in [0.25, 0.3) is 0 Å². The Hall–Kier alpha value is -0.790. The minimum absolute atomic E-state index is 0.321. The molecule has 0 aromatic carbocycles. The van der Waals surface area contributed by atoms with E-state index >= 15 is 0 Å². The Kier molecular flexibility index (Phi) is 2.55. The summed E-state index contributed by atoms with van der Waals surface area (Å²) in [6.07, 6.45) is 2.33. The largest absolute Gasteiger partial charge is 0.760 e. The van der Waals surface area contributed by atoms with Crippen LogP contribution in [0.25, 0.3) is 0 Å². The summed E-state index contributed by atoms with van der Waals surface area (Å²) < 4.78 is 42.2. The molecule has 0 radical (unpaired) electrons. The second-order valence-electron chi connectivity index (χ2n) is 1.85. The van der Waals surface area contributed by atoms with Gasteiger partial charge in [-0.05, 0) is 12.1 Å². The van der Waals surface area contributed by atoms with Gasteiger partial charge in [-0.3, -0.25) is 9.19 Å². The molecule has 0 bridgehead atoms. The third kappa shape index (κ3) is 1.68. The van der Waals surface area contributed by atoms with Gasteiger partial charge in [0, 0.05) is 12.4 Å². The number of pyridine rings is 1. The first-order chi connectivity index (χ1) is 5.55. The quantitative estimate of drug-likeness (QED) is 0.487. The molecule has 5 nitrogen and oxygen atoms in total. The predicted molar refractivity (Wildman–Crippen MR) is 40.3 cm³/mol. The number of aromatic nitrogens is 1. The highest BCUT2D eigenvalue weighted by Crippen LogP contribution is 2.10. The lowest BCUT2D eigenvalue weighted by atomic mass is 10.5. The molecule has 0 aliphatic rings. The molecule has 0 saturated heterocycles. The summed E-state index contributed by atoms with van der Waals surface area (Å²) in [4.78, 5) is 3.16. The summed E-state index contributed by atoms with van der Waals surface area (Å²) in [6.45, 7) is 0. The molecule has 0 spiro atoms. The fraction of sp³-hybridized carbons (Fsp3) is 0. The fourth-order valence-electron chi connectivity index (χ4n) is 0.574. The van der Waals surface area contributed by atoms with Crippen molar-refractivity contribution in [3.8, 4) is 0 Å². The van der Waals surface area contributed by atoms with Crippen LogP contribution in [0.3, 0.4) is 0 Å². The summed E-state index contributed by atoms with van der Waals surface area (Å²) in [7, 11) is -7.37. The maximum atomic E-state index is 10.9. The van der Waals surface area contributed by atoms with Crippen LogP contribution in [0.2, 0.25) is 0 Å². The van der Waals surface area contributed by atoms with Crippen LogP contribution in [0.1, 0.15) is 0 Å². The Morgan fingerprint density at radius 3 is 2.58 bits per heavy atom. The Balaban J connectivity index is 3.26. The van der Waals surface area contributed by atoms with E-state index in [0.29, 0.717) is 0 Å². The van der Waals surface area contributed by atoms with Gasteiger partial charge in [0.15, 0.2) is 0 Å². The minimum Gasteiger partial charge on any atom is -0.760 e. The van der Waals surface area contributed by atoms with Crippen molar-refractivity contribution >= 4 is 19.0 Å². The van der Waals surface area contributed by atoms with Crippen molar-refractivity contribution in [3.63, 3.8) is 0 Å². The highest BCUT2D eigenvalue weighted by Gasteiger charge is 2.14. The van der Waals surface area contributed by atoms with Gasteiger partial charge < -0.3 is 4.55 Å². The lowest BCUT2D eigenvalue weighted by Gasteiger charge is -2.04. The van der Waals surface area contributed by atoms with Crippen LogP contribution >= 0.6 is 0 Å². The van der Waals surface area contributed by atoms with Gasteiger partial charge >= 0.3 is 0 Å². The summed E-state index contributed by atoms with van der Waals surface area (Å²) in [5.41, 5.74) is 0. The molecule has 1 rings (SSSR count). The van der Waals surface area contributed by atoms with Crippen molar-refractivity contribution in [3.05, 3.63) is 24.5 Å². The molecule has 7 heteroatoms. The molecule has 0 aliphatic carbocycles. The van der Waals surface area contributed by atoms with Crippen LogP contribution in [-0.4, -0.2) is 22.2 Å². The third-order valence-corrected chi connectivity index (χ3v) is 3.93. The van der Waals surface area contributed by atoms with Crippen LogP contribution in [-0.2, 0) is 19.0 Å². The van der Waals surface area contributed by atoms with E-state index in [1.807, 2.05) is 0 Å². The van der Waals surface area contributed by atoms with Crippen molar-refractivity contribution in [2.24, 2.45) is 0 Å². The first-order valence-electron chi connectivity index (χ1n) is 2.80. The third-order valence-electron chi connectivity index (χ3n) is 1.10. The second kappa shape index (κ2) is 3.30. The van der Waals surface area contributed by atoms with Crippen molar-refractivity contribution in [1.29, 1.82) is 0 Å². The van der Waals surface area contributed by atoms with E-state index in [2.05, 4.69) is 4.98 Å². The maximum absolute atomic E-state index is 10.9. The van der Waals surface area contributed by atoms with E-state index < -0.39 is 19.0 Å². The molecule has 1 aromatic heterocycles. The molecule has 1 unspecified atom stereocenters. The van der Waals surface area contributed by atoms with Gasteiger partial charge in [-0.1, -0.05) is 0 Å². The molecule has 1 atom stereocenters. The van der Waals surface area contributed by atoms with Gasteiger partial charge in [0.2, 0.25) is 8.87 Å². The zero-order valence-corrected chi connectivity index (χ0v) is 7.34. The van der Waals surface area contributed by atoms with Crippen molar-refractivity contribution < 1.29 is 17.2 Å². The number of nitrogens with zero attached hydrogens (tertiary/aromatic N) is 1. The smallest absolute Gasteiger partial charge is 0.246 e. The Labute approximate surface area is 71.1 Å². The molecule has 0 saturated carbocycles. The van der Waals surface area contributed by atoms with Gasteiger partial charge in [-0.25, -0.2) is 8.42 Å². The highest BCUT2D eigenvalue weighted by atomic mass is 33.2. The topological polar surface area (TPSA) is 87.2 Å². The van der Waals surface area contributed by atoms with Crippen molar-refractivity contribution in [1.82, 2.24) is 4.98 Å². The Bertz CT molecular complexity index is 385. The standard InChI is InChI=1S/C5H5NO4S2/c7-11(8)12(9,10)5-2-1-3-6-4-5/h1-4H,(H,7,8)/p-1. The van der Waals surface area contributed by atoms with Crippen LogP contribution in [0.15, 0.2) is 29.4 Å². The normalized spacial score (nSPS) is 14.1. The van der Waals surface area contributed by atoms with E-state index in [1.54, 1.807) is 0 Å². The summed E-state index contributed by atoms with van der Waals surface area (Å²) in [5.74, 6) is 0. The predicted octanol–water partition coefficient (Wildman–Crippen LogP) is -0.351. The van der Waals surface area contributed by atoms with E-state index in [1.165, 1.54) is 12.3 Å². The maximum Gasteiger partial charge on any atom is 0.246 e. The summed E-state index contributed by atoms with van der Waals surface area (Å²) in [6, 6.07) is 2.51. The van der Waals surface area contributed by atoms with E-state index in [9.17, 15) is 17.2 Å². The molecule has 1 heterocycles. The van der Waals surface area contributed by atoms with Crippen LogP contribution in [0.5, 0.6) is 0 Å². The molecule has 0 fully saturated rings. The first-order valence-corrected chi connectivity index (χ1v) is 5.87. The lowest BCUT2D eigenvalue weighted by Crippen LogP contribution is -2.07. The number of hydrogen-bond donors (Lipinski definition) is 0. The average Bonchev–Trinajstić information content (AvgIpc) is 2.06. The molecule has 66 valence electrons. The van der Waals surface area contributed by atoms with E-state index in [0.717, 1.165) is 12.3 Å². The van der Waals surface area contributed by atoms with Gasteiger partial charge in [-0.15, -0.1) is 0 Å². The average molecular weight is 206 g/mol. The Morgan fingerprint density at radius 1 is 1.50 bits per heavy atom. The van der Waals surface area contributed by atoms with E-state index in [4.69, 9.17) is 0 Å². The highest BCUT2D eigenvalue weighted by molar-refractivity contribution is 8.61. The van der Waals surface area contributed by atoms with Crippen LogP contribution in [0.4, 0.5) is 0 Å². The monoisotopic (exact) mass is 206 g/mol. The summed E-state index contributed by atoms with van der Waals surface area (Å²) in [5, 5.41) is 0.